The molecule has 0 aliphatic carbocycles. The summed E-state index contributed by atoms with van der Waals surface area (Å²) in [4.78, 5) is 11.1. The van der Waals surface area contributed by atoms with Gasteiger partial charge >= 0.3 is 14.8 Å². The van der Waals surface area contributed by atoms with E-state index < -0.39 is 14.8 Å². The molecule has 0 aliphatic heterocycles. The lowest BCUT2D eigenvalue weighted by Crippen LogP contribution is -2.18. The Morgan fingerprint density at radius 3 is 1.96 bits per heavy atom. The smallest absolute Gasteiger partial charge is 0.328 e. The number of hydrogen-bond donors (Lipinski definition) is 0. The summed E-state index contributed by atoms with van der Waals surface area (Å²) in [5.41, 5.74) is 1.81. The molecule has 2 aromatic rings. The number of aryl methyl sites for hydroxylation is 2. The summed E-state index contributed by atoms with van der Waals surface area (Å²) < 4.78 is 54.2. The highest BCUT2D eigenvalue weighted by atomic mass is 19.2. The van der Waals surface area contributed by atoms with Crippen LogP contribution in [0, 0.1) is 27.7 Å². The summed E-state index contributed by atoms with van der Waals surface area (Å²) >= 11 is 0. The first kappa shape index (κ1) is 19.7. The zero-order valence-electron chi connectivity index (χ0n) is 14.7. The van der Waals surface area contributed by atoms with E-state index in [2.05, 4.69) is 10.2 Å². The van der Waals surface area contributed by atoms with Crippen LogP contribution in [-0.4, -0.2) is 42.5 Å². The van der Waals surface area contributed by atoms with Crippen molar-refractivity contribution in [3.05, 3.63) is 45.5 Å². The van der Waals surface area contributed by atoms with Gasteiger partial charge < -0.3 is 8.96 Å². The monoisotopic (exact) mass is 366 g/mol. The molecule has 0 saturated heterocycles. The maximum absolute atomic E-state index is 13.2. The molecule has 5 nitrogen and oxygen atoms in total. The minimum Gasteiger partial charge on any atom is -0.328 e. The normalized spacial score (nSPS) is 11.7. The van der Waals surface area contributed by atoms with Gasteiger partial charge in [0.25, 0.3) is 0 Å². The van der Waals surface area contributed by atoms with Crippen molar-refractivity contribution in [2.45, 2.75) is 27.7 Å². The predicted octanol–water partition coefficient (Wildman–Crippen LogP) is 3.33. The van der Waals surface area contributed by atoms with Gasteiger partial charge in [-0.05, 0) is 44.9 Å². The fourth-order valence-corrected chi connectivity index (χ4v) is 2.92. The number of carbonyl (C=O) groups excluding carboxylic acids is 1. The maximum atomic E-state index is 13.2. The largest absolute Gasteiger partial charge is 0.677 e. The van der Waals surface area contributed by atoms with E-state index in [-0.39, 0.29) is 22.6 Å². The van der Waals surface area contributed by atoms with Crippen LogP contribution in [0.5, 0.6) is 0 Å². The Kier molecular flexibility index (Phi) is 5.89. The SMILES string of the molecule is Cc1cc(C)n(B(F)F)c1/C=N/N=C/c1c(C)c(C=O)c(C)n1B(F)F. The second-order valence-electron chi connectivity index (χ2n) is 5.77. The van der Waals surface area contributed by atoms with Gasteiger partial charge in [-0.25, -0.2) is 0 Å². The number of nitrogens with zero attached hydrogens (tertiary/aromatic N) is 4. The van der Waals surface area contributed by atoms with Crippen molar-refractivity contribution in [2.75, 3.05) is 0 Å². The molecule has 0 aliphatic rings. The highest BCUT2D eigenvalue weighted by Gasteiger charge is 2.26. The fraction of sp³-hybridized carbons (Fsp3) is 0.267. The summed E-state index contributed by atoms with van der Waals surface area (Å²) in [6.07, 6.45) is 2.73. The minimum absolute atomic E-state index is 0.0360. The zero-order valence-corrected chi connectivity index (χ0v) is 14.7. The van der Waals surface area contributed by atoms with Gasteiger partial charge in [-0.2, -0.15) is 10.2 Å². The van der Waals surface area contributed by atoms with Crippen LogP contribution < -0.4 is 0 Å². The van der Waals surface area contributed by atoms with Crippen LogP contribution in [-0.2, 0) is 0 Å². The molecule has 0 unspecified atom stereocenters. The molecule has 0 spiro atoms. The number of rotatable bonds is 6. The quantitative estimate of drug-likeness (QED) is 0.254. The molecule has 0 atom stereocenters. The van der Waals surface area contributed by atoms with E-state index in [1.54, 1.807) is 19.9 Å². The van der Waals surface area contributed by atoms with E-state index in [1.165, 1.54) is 13.8 Å². The lowest BCUT2D eigenvalue weighted by atomic mass is 10.1. The topological polar surface area (TPSA) is 51.6 Å². The lowest BCUT2D eigenvalue weighted by Gasteiger charge is -2.04. The molecular formula is C15H16B2F4N4O. The molecule has 2 aromatic heterocycles. The molecule has 2 heterocycles. The Hall–Kier alpha value is -2.58. The number of carbonyl (C=O) groups is 1. The van der Waals surface area contributed by atoms with Crippen LogP contribution in [0.25, 0.3) is 0 Å². The standard InChI is InChI=1S/C15H16B2F4N4O/c1-9-5-10(2)24(16(18)19)14(9)6-22-23-7-15-11(3)13(8-26)12(4)25(15)17(20)21/h5-8H,1-4H3/b22-6+,23-7+. The molecule has 136 valence electrons. The van der Waals surface area contributed by atoms with E-state index in [1.807, 2.05) is 0 Å². The average molecular weight is 366 g/mol. The molecular weight excluding hydrogens is 350 g/mol. The molecule has 0 aromatic carbocycles. The summed E-state index contributed by atoms with van der Waals surface area (Å²) in [7, 11) is -5.58. The summed E-state index contributed by atoms with van der Waals surface area (Å²) in [6.45, 7) is 6.13. The molecule has 26 heavy (non-hydrogen) atoms. The summed E-state index contributed by atoms with van der Waals surface area (Å²) in [5.74, 6) is 0. The van der Waals surface area contributed by atoms with Crippen LogP contribution in [0.4, 0.5) is 17.3 Å². The predicted molar refractivity (Wildman–Crippen MR) is 95.1 cm³/mol. The Morgan fingerprint density at radius 2 is 1.46 bits per heavy atom. The van der Waals surface area contributed by atoms with Crippen molar-refractivity contribution in [1.29, 1.82) is 0 Å². The van der Waals surface area contributed by atoms with Gasteiger partial charge in [0.05, 0.1) is 23.8 Å². The molecule has 0 radical (unpaired) electrons. The van der Waals surface area contributed by atoms with Crippen molar-refractivity contribution in [3.63, 3.8) is 0 Å². The van der Waals surface area contributed by atoms with E-state index in [9.17, 15) is 22.1 Å². The van der Waals surface area contributed by atoms with Crippen LogP contribution in [0.2, 0.25) is 0 Å². The maximum Gasteiger partial charge on any atom is 0.677 e. The fourth-order valence-electron chi connectivity index (χ4n) is 2.92. The minimum atomic E-state index is -2.85. The molecule has 2 rings (SSSR count). The number of aldehydes is 1. The first-order valence-corrected chi connectivity index (χ1v) is 7.68. The molecule has 0 N–H and O–H groups in total. The van der Waals surface area contributed by atoms with Crippen LogP contribution in [0.15, 0.2) is 16.3 Å². The van der Waals surface area contributed by atoms with Gasteiger partial charge in [-0.1, -0.05) is 0 Å². The van der Waals surface area contributed by atoms with Crippen molar-refractivity contribution in [1.82, 2.24) is 8.96 Å². The Balaban J connectivity index is 2.39. The Bertz CT molecular complexity index is 887. The molecule has 0 bridgehead atoms. The second kappa shape index (κ2) is 7.76. The van der Waals surface area contributed by atoms with Gasteiger partial charge in [0.2, 0.25) is 0 Å². The molecule has 0 fully saturated rings. The molecule has 0 amide bonds. The first-order chi connectivity index (χ1) is 12.2. The van der Waals surface area contributed by atoms with Crippen LogP contribution in [0.1, 0.15) is 44.3 Å². The lowest BCUT2D eigenvalue weighted by molar-refractivity contribution is 0.112. The van der Waals surface area contributed by atoms with Gasteiger partial charge in [-0.3, -0.25) is 22.1 Å². The van der Waals surface area contributed by atoms with Crippen molar-refractivity contribution < 1.29 is 22.1 Å². The highest BCUT2D eigenvalue weighted by Crippen LogP contribution is 2.21. The molecule has 0 saturated carbocycles. The number of halogens is 4. The van der Waals surface area contributed by atoms with E-state index in [4.69, 9.17) is 0 Å². The number of hydrogen-bond acceptors (Lipinski definition) is 3. The summed E-state index contributed by atoms with van der Waals surface area (Å²) in [6, 6.07) is 1.59. The van der Waals surface area contributed by atoms with E-state index in [0.717, 1.165) is 16.9 Å². The van der Waals surface area contributed by atoms with Crippen LogP contribution in [0.3, 0.4) is 0 Å². The van der Waals surface area contributed by atoms with Gasteiger partial charge in [0, 0.05) is 17.0 Å². The third-order valence-corrected chi connectivity index (χ3v) is 4.20. The second-order valence-corrected chi connectivity index (χ2v) is 5.77. The third-order valence-electron chi connectivity index (χ3n) is 4.20. The van der Waals surface area contributed by atoms with Crippen molar-refractivity contribution in [2.24, 2.45) is 10.2 Å². The number of aromatic nitrogens is 2. The Labute approximate surface area is 148 Å². The van der Waals surface area contributed by atoms with Gasteiger partial charge in [-0.15, -0.1) is 0 Å². The van der Waals surface area contributed by atoms with E-state index in [0.29, 0.717) is 27.6 Å². The highest BCUT2D eigenvalue weighted by molar-refractivity contribution is 6.42. The average Bonchev–Trinajstić information content (AvgIpc) is 2.96. The van der Waals surface area contributed by atoms with E-state index >= 15 is 0 Å². The Morgan fingerprint density at radius 1 is 0.923 bits per heavy atom. The zero-order chi connectivity index (χ0) is 19.6. The third kappa shape index (κ3) is 3.51. The van der Waals surface area contributed by atoms with Gasteiger partial charge in [0.15, 0.2) is 6.29 Å². The van der Waals surface area contributed by atoms with Crippen molar-refractivity contribution in [3.8, 4) is 0 Å². The van der Waals surface area contributed by atoms with Crippen molar-refractivity contribution >= 4 is 33.5 Å². The van der Waals surface area contributed by atoms with Gasteiger partial charge in [0.1, 0.15) is 0 Å². The first-order valence-electron chi connectivity index (χ1n) is 7.68. The van der Waals surface area contributed by atoms with Crippen LogP contribution >= 0.6 is 0 Å². The summed E-state index contributed by atoms with van der Waals surface area (Å²) in [5, 5.41) is 7.40. The molecule has 11 heteroatoms.